The van der Waals surface area contributed by atoms with E-state index in [1.807, 2.05) is 0 Å². The van der Waals surface area contributed by atoms with E-state index in [1.54, 1.807) is 0 Å². The van der Waals surface area contributed by atoms with Gasteiger partial charge >= 0.3 is 5.97 Å². The van der Waals surface area contributed by atoms with Gasteiger partial charge < -0.3 is 10.1 Å². The lowest BCUT2D eigenvalue weighted by Gasteiger charge is -2.12. The Hall–Kier alpha value is -2.79. The smallest absolute Gasteiger partial charge is 0.337 e. The summed E-state index contributed by atoms with van der Waals surface area (Å²) in [5, 5.41) is 1.26. The topological polar surface area (TPSA) is 124 Å². The quantitative estimate of drug-likeness (QED) is 0.539. The molecule has 1 aliphatic heterocycles. The first kappa shape index (κ1) is 21.9. The van der Waals surface area contributed by atoms with E-state index in [9.17, 15) is 30.8 Å². The number of hydrogen-bond donors (Lipinski definition) is 1. The fourth-order valence-electron chi connectivity index (χ4n) is 3.09. The molecule has 1 N–H and O–H groups in total. The number of amides is 1. The number of ether oxygens (including phenoxy) is 1. The van der Waals surface area contributed by atoms with Gasteiger partial charge in [-0.25, -0.2) is 26.0 Å². The number of carbonyl (C=O) groups excluding carboxylic acids is 2. The Bertz CT molecular complexity index is 1220. The summed E-state index contributed by atoms with van der Waals surface area (Å²) in [4.78, 5) is 23.8. The number of sulfone groups is 2. The normalized spacial score (nSPS) is 18.0. The Labute approximate surface area is 172 Å². The first-order chi connectivity index (χ1) is 14.0. The van der Waals surface area contributed by atoms with Gasteiger partial charge in [0, 0.05) is 5.69 Å². The predicted molar refractivity (Wildman–Crippen MR) is 106 cm³/mol. The maximum atomic E-state index is 14.2. The standard InChI is InChI=1S/C19H18FNO7S2/c1-28-19(23)12-3-2-4-13(9-12)21-18(22)16-10-14(5-6-17(16)20)30(26,27)15-7-8-29(24,25)11-15/h2-6,9-10,15H,7-8,11H2,1H3,(H,21,22)/t15-/m0/s1. The molecule has 0 bridgehead atoms. The number of hydrogen-bond acceptors (Lipinski definition) is 7. The van der Waals surface area contributed by atoms with E-state index in [0.717, 1.165) is 18.2 Å². The summed E-state index contributed by atoms with van der Waals surface area (Å²) in [7, 11) is -6.31. The molecule has 1 saturated heterocycles. The lowest BCUT2D eigenvalue weighted by molar-refractivity contribution is 0.0600. The third kappa shape index (κ3) is 4.51. The van der Waals surface area contributed by atoms with Crippen LogP contribution in [0.4, 0.5) is 10.1 Å². The molecule has 2 aromatic carbocycles. The molecule has 2 aromatic rings. The maximum Gasteiger partial charge on any atom is 0.337 e. The second-order valence-electron chi connectivity index (χ2n) is 6.74. The van der Waals surface area contributed by atoms with Crippen molar-refractivity contribution in [2.45, 2.75) is 16.6 Å². The van der Waals surface area contributed by atoms with Gasteiger partial charge in [-0.05, 0) is 42.8 Å². The van der Waals surface area contributed by atoms with E-state index >= 15 is 0 Å². The molecule has 0 saturated carbocycles. The van der Waals surface area contributed by atoms with Crippen LogP contribution in [-0.4, -0.2) is 52.6 Å². The van der Waals surface area contributed by atoms with Crippen LogP contribution in [0.2, 0.25) is 0 Å². The van der Waals surface area contributed by atoms with Crippen molar-refractivity contribution < 1.29 is 35.6 Å². The van der Waals surface area contributed by atoms with Crippen LogP contribution in [-0.2, 0) is 24.4 Å². The number of anilines is 1. The number of esters is 1. The molecule has 1 heterocycles. The monoisotopic (exact) mass is 455 g/mol. The Morgan fingerprint density at radius 2 is 1.90 bits per heavy atom. The zero-order valence-electron chi connectivity index (χ0n) is 15.8. The lowest BCUT2D eigenvalue weighted by atomic mass is 10.1. The highest BCUT2D eigenvalue weighted by molar-refractivity contribution is 7.96. The fraction of sp³-hybridized carbons (Fsp3) is 0.263. The number of methoxy groups -OCH3 is 1. The summed E-state index contributed by atoms with van der Waals surface area (Å²) in [6.07, 6.45) is -0.0517. The highest BCUT2D eigenvalue weighted by Crippen LogP contribution is 2.27. The van der Waals surface area contributed by atoms with Gasteiger partial charge in [-0.3, -0.25) is 4.79 Å². The first-order valence-electron chi connectivity index (χ1n) is 8.77. The van der Waals surface area contributed by atoms with Crippen molar-refractivity contribution >= 4 is 37.2 Å². The summed E-state index contributed by atoms with van der Waals surface area (Å²) >= 11 is 0. The van der Waals surface area contributed by atoms with Crippen LogP contribution in [0, 0.1) is 5.82 Å². The summed E-state index contributed by atoms with van der Waals surface area (Å²) in [6, 6.07) is 8.47. The van der Waals surface area contributed by atoms with Gasteiger partial charge in [0.15, 0.2) is 19.7 Å². The van der Waals surface area contributed by atoms with E-state index in [-0.39, 0.29) is 28.3 Å². The van der Waals surface area contributed by atoms with Crippen molar-refractivity contribution in [1.82, 2.24) is 0 Å². The van der Waals surface area contributed by atoms with E-state index in [4.69, 9.17) is 0 Å². The summed E-state index contributed by atoms with van der Waals surface area (Å²) in [5.74, 6) is -3.24. The minimum absolute atomic E-state index is 0.0517. The van der Waals surface area contributed by atoms with Crippen LogP contribution < -0.4 is 5.32 Å². The molecule has 3 rings (SSSR count). The van der Waals surface area contributed by atoms with Crippen LogP contribution >= 0.6 is 0 Å². The van der Waals surface area contributed by atoms with Gasteiger partial charge in [0.2, 0.25) is 0 Å². The summed E-state index contributed by atoms with van der Waals surface area (Å²) < 4.78 is 67.6. The average molecular weight is 455 g/mol. The number of nitrogens with one attached hydrogen (secondary N) is 1. The molecule has 0 aliphatic carbocycles. The van der Waals surface area contributed by atoms with E-state index < -0.39 is 53.9 Å². The Kier molecular flexibility index (Phi) is 5.95. The number of halogens is 1. The molecule has 0 unspecified atom stereocenters. The number of rotatable bonds is 5. The zero-order chi connectivity index (χ0) is 22.1. The predicted octanol–water partition coefficient (Wildman–Crippen LogP) is 1.83. The highest BCUT2D eigenvalue weighted by Gasteiger charge is 2.38. The van der Waals surface area contributed by atoms with Crippen molar-refractivity contribution in [1.29, 1.82) is 0 Å². The highest BCUT2D eigenvalue weighted by atomic mass is 32.2. The van der Waals surface area contributed by atoms with Crippen molar-refractivity contribution in [3.63, 3.8) is 0 Å². The zero-order valence-corrected chi connectivity index (χ0v) is 17.4. The van der Waals surface area contributed by atoms with Crippen LogP contribution in [0.25, 0.3) is 0 Å². The van der Waals surface area contributed by atoms with Crippen LogP contribution in [0.1, 0.15) is 27.1 Å². The average Bonchev–Trinajstić information content (AvgIpc) is 3.08. The number of carbonyl (C=O) groups is 2. The maximum absolute atomic E-state index is 14.2. The second kappa shape index (κ2) is 8.15. The van der Waals surface area contributed by atoms with E-state index in [1.165, 1.54) is 31.4 Å². The van der Waals surface area contributed by atoms with Crippen molar-refractivity contribution in [2.75, 3.05) is 23.9 Å². The minimum atomic E-state index is -4.06. The third-order valence-corrected chi connectivity index (χ3v) is 8.85. The van der Waals surface area contributed by atoms with Crippen molar-refractivity contribution in [3.8, 4) is 0 Å². The van der Waals surface area contributed by atoms with Gasteiger partial charge in [0.1, 0.15) is 5.82 Å². The minimum Gasteiger partial charge on any atom is -0.465 e. The second-order valence-corrected chi connectivity index (χ2v) is 11.2. The third-order valence-electron chi connectivity index (χ3n) is 4.68. The van der Waals surface area contributed by atoms with Gasteiger partial charge in [0.25, 0.3) is 5.91 Å². The summed E-state index contributed by atoms with van der Waals surface area (Å²) in [6.45, 7) is 0. The van der Waals surface area contributed by atoms with Crippen LogP contribution in [0.5, 0.6) is 0 Å². The molecule has 160 valence electrons. The first-order valence-corrected chi connectivity index (χ1v) is 12.1. The Morgan fingerprint density at radius 3 is 2.53 bits per heavy atom. The molecule has 30 heavy (non-hydrogen) atoms. The van der Waals surface area contributed by atoms with Crippen LogP contribution in [0.15, 0.2) is 47.4 Å². The molecule has 1 amide bonds. The van der Waals surface area contributed by atoms with Crippen molar-refractivity contribution in [2.24, 2.45) is 0 Å². The fourth-order valence-corrected chi connectivity index (χ4v) is 7.48. The van der Waals surface area contributed by atoms with Gasteiger partial charge in [-0.15, -0.1) is 0 Å². The Morgan fingerprint density at radius 1 is 1.17 bits per heavy atom. The largest absolute Gasteiger partial charge is 0.465 e. The van der Waals surface area contributed by atoms with E-state index in [2.05, 4.69) is 10.1 Å². The molecule has 0 aromatic heterocycles. The van der Waals surface area contributed by atoms with Gasteiger partial charge in [-0.2, -0.15) is 0 Å². The molecule has 1 atom stereocenters. The SMILES string of the molecule is COC(=O)c1cccc(NC(=O)c2cc(S(=O)(=O)[C@H]3CCS(=O)(=O)C3)ccc2F)c1. The molecule has 1 aliphatic rings. The summed E-state index contributed by atoms with van der Waals surface area (Å²) in [5.41, 5.74) is -0.188. The molecule has 0 radical (unpaired) electrons. The molecule has 8 nitrogen and oxygen atoms in total. The number of benzene rings is 2. The molecule has 11 heteroatoms. The molecular formula is C19H18FNO7S2. The van der Waals surface area contributed by atoms with E-state index in [0.29, 0.717) is 0 Å². The lowest BCUT2D eigenvalue weighted by Crippen LogP contribution is -2.23. The van der Waals surface area contributed by atoms with Gasteiger partial charge in [0.05, 0.1) is 39.9 Å². The van der Waals surface area contributed by atoms with Crippen molar-refractivity contribution in [3.05, 3.63) is 59.4 Å². The molecule has 0 spiro atoms. The molecule has 1 fully saturated rings. The Balaban J connectivity index is 1.88. The molecular weight excluding hydrogens is 437 g/mol. The van der Waals surface area contributed by atoms with Crippen LogP contribution in [0.3, 0.4) is 0 Å². The van der Waals surface area contributed by atoms with Gasteiger partial charge in [-0.1, -0.05) is 6.07 Å².